The minimum absolute atomic E-state index is 0.0549. The highest BCUT2D eigenvalue weighted by molar-refractivity contribution is 5.74. The minimum Gasteiger partial charge on any atom is -0.508 e. The molecule has 2 aromatic rings. The van der Waals surface area contributed by atoms with Crippen molar-refractivity contribution in [1.82, 2.24) is 15.5 Å². The van der Waals surface area contributed by atoms with Crippen LogP contribution in [-0.2, 0) is 0 Å². The van der Waals surface area contributed by atoms with Gasteiger partial charge in [0.05, 0.1) is 18.3 Å². The zero-order valence-electron chi connectivity index (χ0n) is 14.4. The normalized spacial score (nSPS) is 17.2. The van der Waals surface area contributed by atoms with Gasteiger partial charge in [0, 0.05) is 6.54 Å². The van der Waals surface area contributed by atoms with E-state index < -0.39 is 0 Å². The molecule has 6 nitrogen and oxygen atoms in total. The van der Waals surface area contributed by atoms with Gasteiger partial charge in [0.15, 0.2) is 0 Å². The Morgan fingerprint density at radius 3 is 2.76 bits per heavy atom. The van der Waals surface area contributed by atoms with Crippen LogP contribution in [0.5, 0.6) is 5.75 Å². The molecule has 1 aromatic heterocycles. The fourth-order valence-corrected chi connectivity index (χ4v) is 3.26. The molecule has 0 radical (unpaired) electrons. The van der Waals surface area contributed by atoms with Gasteiger partial charge >= 0.3 is 6.03 Å². The van der Waals surface area contributed by atoms with Crippen molar-refractivity contribution < 1.29 is 14.3 Å². The zero-order valence-corrected chi connectivity index (χ0v) is 14.4. The Labute approximate surface area is 147 Å². The van der Waals surface area contributed by atoms with Gasteiger partial charge < -0.3 is 20.2 Å². The van der Waals surface area contributed by atoms with E-state index in [9.17, 15) is 9.90 Å². The van der Waals surface area contributed by atoms with Crippen LogP contribution in [0.3, 0.4) is 0 Å². The summed E-state index contributed by atoms with van der Waals surface area (Å²) in [6.45, 7) is 4.42. The molecule has 134 valence electrons. The van der Waals surface area contributed by atoms with Crippen LogP contribution in [0.25, 0.3) is 0 Å². The summed E-state index contributed by atoms with van der Waals surface area (Å²) in [6.07, 6.45) is 4.03. The Bertz CT molecular complexity index is 681. The Balaban J connectivity index is 1.56. The molecule has 1 fully saturated rings. The molecule has 2 atom stereocenters. The number of phenols is 1. The molecule has 25 heavy (non-hydrogen) atoms. The summed E-state index contributed by atoms with van der Waals surface area (Å²) in [5.41, 5.74) is 0.859. The van der Waals surface area contributed by atoms with Crippen LogP contribution in [0.4, 0.5) is 4.79 Å². The lowest BCUT2D eigenvalue weighted by molar-refractivity contribution is 0.202. The molecule has 2 heterocycles. The lowest BCUT2D eigenvalue weighted by Gasteiger charge is -2.26. The summed E-state index contributed by atoms with van der Waals surface area (Å²) < 4.78 is 5.56. The van der Waals surface area contributed by atoms with Crippen molar-refractivity contribution in [2.75, 3.05) is 19.6 Å². The third-order valence-electron chi connectivity index (χ3n) is 4.63. The van der Waals surface area contributed by atoms with E-state index in [1.807, 2.05) is 25.1 Å². The number of rotatable bonds is 6. The highest BCUT2D eigenvalue weighted by Crippen LogP contribution is 2.25. The maximum absolute atomic E-state index is 12.3. The fourth-order valence-electron chi connectivity index (χ4n) is 3.26. The van der Waals surface area contributed by atoms with E-state index in [1.54, 1.807) is 24.5 Å². The zero-order chi connectivity index (χ0) is 17.6. The first-order valence-corrected chi connectivity index (χ1v) is 8.74. The average Bonchev–Trinajstić information content (AvgIpc) is 3.29. The number of hydrogen-bond donors (Lipinski definition) is 3. The van der Waals surface area contributed by atoms with E-state index in [1.165, 1.54) is 12.8 Å². The Morgan fingerprint density at radius 2 is 2.08 bits per heavy atom. The molecule has 1 aromatic carbocycles. The molecule has 3 rings (SSSR count). The SMILES string of the molecule is C[C@H](NC(=O)NC[C@@H](c1ccco1)N1CCCC1)c1cccc(O)c1. The predicted octanol–water partition coefficient (Wildman–Crippen LogP) is 3.18. The quantitative estimate of drug-likeness (QED) is 0.753. The fraction of sp³-hybridized carbons (Fsp3) is 0.421. The van der Waals surface area contributed by atoms with E-state index in [2.05, 4.69) is 15.5 Å². The van der Waals surface area contributed by atoms with E-state index in [-0.39, 0.29) is 23.9 Å². The summed E-state index contributed by atoms with van der Waals surface area (Å²) in [7, 11) is 0. The van der Waals surface area contributed by atoms with Gasteiger partial charge in [0.25, 0.3) is 0 Å². The molecule has 0 bridgehead atoms. The van der Waals surface area contributed by atoms with E-state index in [0.717, 1.165) is 24.4 Å². The topological polar surface area (TPSA) is 77.7 Å². The number of likely N-dealkylation sites (tertiary alicyclic amines) is 1. The molecule has 1 aliphatic heterocycles. The molecule has 0 saturated carbocycles. The van der Waals surface area contributed by atoms with Crippen LogP contribution >= 0.6 is 0 Å². The van der Waals surface area contributed by atoms with Gasteiger partial charge in [-0.3, -0.25) is 4.90 Å². The molecule has 0 unspecified atom stereocenters. The molecule has 2 amide bonds. The maximum atomic E-state index is 12.3. The average molecular weight is 343 g/mol. The van der Waals surface area contributed by atoms with Crippen molar-refractivity contribution in [1.29, 1.82) is 0 Å². The van der Waals surface area contributed by atoms with Crippen molar-refractivity contribution in [3.05, 3.63) is 54.0 Å². The van der Waals surface area contributed by atoms with Gasteiger partial charge in [-0.05, 0) is 62.7 Å². The number of nitrogens with zero attached hydrogens (tertiary/aromatic N) is 1. The largest absolute Gasteiger partial charge is 0.508 e. The highest BCUT2D eigenvalue weighted by Gasteiger charge is 2.26. The summed E-state index contributed by atoms with van der Waals surface area (Å²) in [6, 6.07) is 10.4. The van der Waals surface area contributed by atoms with Gasteiger partial charge in [-0.25, -0.2) is 4.79 Å². The first-order chi connectivity index (χ1) is 12.1. The van der Waals surface area contributed by atoms with E-state index in [0.29, 0.717) is 6.54 Å². The monoisotopic (exact) mass is 343 g/mol. The van der Waals surface area contributed by atoms with Crippen molar-refractivity contribution >= 4 is 6.03 Å². The molecule has 0 aliphatic carbocycles. The van der Waals surface area contributed by atoms with E-state index >= 15 is 0 Å². The van der Waals surface area contributed by atoms with Gasteiger partial charge in [-0.2, -0.15) is 0 Å². The number of carbonyl (C=O) groups is 1. The molecule has 1 saturated heterocycles. The molecule has 6 heteroatoms. The highest BCUT2D eigenvalue weighted by atomic mass is 16.3. The predicted molar refractivity (Wildman–Crippen MR) is 95.3 cm³/mol. The van der Waals surface area contributed by atoms with Crippen LogP contribution in [-0.4, -0.2) is 35.7 Å². The summed E-state index contributed by atoms with van der Waals surface area (Å²) in [5.74, 6) is 1.07. The summed E-state index contributed by atoms with van der Waals surface area (Å²) >= 11 is 0. The molecule has 1 aliphatic rings. The smallest absolute Gasteiger partial charge is 0.315 e. The molecule has 3 N–H and O–H groups in total. The van der Waals surface area contributed by atoms with E-state index in [4.69, 9.17) is 4.42 Å². The van der Waals surface area contributed by atoms with Gasteiger partial charge in [-0.15, -0.1) is 0 Å². The van der Waals surface area contributed by atoms with Crippen LogP contribution < -0.4 is 10.6 Å². The number of hydrogen-bond acceptors (Lipinski definition) is 4. The lowest BCUT2D eigenvalue weighted by atomic mass is 10.1. The minimum atomic E-state index is -0.230. The van der Waals surface area contributed by atoms with Gasteiger partial charge in [-0.1, -0.05) is 12.1 Å². The summed E-state index contributed by atoms with van der Waals surface area (Å²) in [4.78, 5) is 14.6. The number of amides is 2. The maximum Gasteiger partial charge on any atom is 0.315 e. The number of benzene rings is 1. The first kappa shape index (κ1) is 17.4. The molecular weight excluding hydrogens is 318 g/mol. The number of furan rings is 1. The van der Waals surface area contributed by atoms with Crippen LogP contribution in [0.1, 0.15) is 43.2 Å². The number of phenolic OH excluding ortho intramolecular Hbond substituents is 1. The first-order valence-electron chi connectivity index (χ1n) is 8.74. The number of nitrogens with one attached hydrogen (secondary N) is 2. The number of urea groups is 1. The number of aromatic hydroxyl groups is 1. The Hall–Kier alpha value is -2.47. The lowest BCUT2D eigenvalue weighted by Crippen LogP contribution is -2.42. The van der Waals surface area contributed by atoms with Crippen LogP contribution in [0.2, 0.25) is 0 Å². The standard InChI is InChI=1S/C19H25N3O3/c1-14(15-6-4-7-16(23)12-15)21-19(24)20-13-17(18-8-5-11-25-18)22-9-2-3-10-22/h4-8,11-12,14,17,23H,2-3,9-10,13H2,1H3,(H2,20,21,24)/t14-,17-/m0/s1. The third kappa shape index (κ3) is 4.54. The second-order valence-electron chi connectivity index (χ2n) is 6.45. The Morgan fingerprint density at radius 1 is 1.28 bits per heavy atom. The summed E-state index contributed by atoms with van der Waals surface area (Å²) in [5, 5.41) is 15.4. The Kier molecular flexibility index (Phi) is 5.60. The third-order valence-corrected chi connectivity index (χ3v) is 4.63. The second-order valence-corrected chi connectivity index (χ2v) is 6.45. The molecular formula is C19H25N3O3. The van der Waals surface area contributed by atoms with Gasteiger partial charge in [0.1, 0.15) is 11.5 Å². The second kappa shape index (κ2) is 8.07. The van der Waals surface area contributed by atoms with Crippen LogP contribution in [0, 0.1) is 0 Å². The van der Waals surface area contributed by atoms with Crippen molar-refractivity contribution in [2.45, 2.75) is 31.8 Å². The van der Waals surface area contributed by atoms with Crippen molar-refractivity contribution in [3.63, 3.8) is 0 Å². The van der Waals surface area contributed by atoms with Gasteiger partial charge in [0.2, 0.25) is 0 Å². The van der Waals surface area contributed by atoms with Crippen molar-refractivity contribution in [2.24, 2.45) is 0 Å². The molecule has 0 spiro atoms. The van der Waals surface area contributed by atoms with Crippen molar-refractivity contribution in [3.8, 4) is 5.75 Å². The number of carbonyl (C=O) groups excluding carboxylic acids is 1. The van der Waals surface area contributed by atoms with Crippen LogP contribution in [0.15, 0.2) is 47.1 Å².